The molecule has 5 heteroatoms. The lowest BCUT2D eigenvalue weighted by Gasteiger charge is -2.12. The lowest BCUT2D eigenvalue weighted by molar-refractivity contribution is 0.149. The summed E-state index contributed by atoms with van der Waals surface area (Å²) in [6.07, 6.45) is 4.75. The number of aliphatic hydroxyl groups excluding tert-OH is 1. The van der Waals surface area contributed by atoms with Gasteiger partial charge in [-0.25, -0.2) is 4.98 Å². The molecular formula is C10H15N3O2. The Morgan fingerprint density at radius 3 is 3.13 bits per heavy atom. The molecule has 0 saturated heterocycles. The van der Waals surface area contributed by atoms with Crippen molar-refractivity contribution < 1.29 is 5.11 Å². The molecule has 1 saturated carbocycles. The molecule has 2 rings (SSSR count). The molecule has 0 aliphatic heterocycles. The van der Waals surface area contributed by atoms with Gasteiger partial charge in [0.1, 0.15) is 0 Å². The van der Waals surface area contributed by atoms with E-state index >= 15 is 0 Å². The van der Waals surface area contributed by atoms with Gasteiger partial charge in [-0.3, -0.25) is 9.36 Å². The van der Waals surface area contributed by atoms with Gasteiger partial charge in [-0.05, 0) is 12.8 Å². The molecule has 1 aromatic heterocycles. The van der Waals surface area contributed by atoms with E-state index in [4.69, 9.17) is 0 Å². The van der Waals surface area contributed by atoms with Crippen molar-refractivity contribution in [1.29, 1.82) is 0 Å². The highest BCUT2D eigenvalue weighted by molar-refractivity contribution is 4.84. The summed E-state index contributed by atoms with van der Waals surface area (Å²) in [6, 6.07) is 1.96. The smallest absolute Gasteiger partial charge is 0.253 e. The van der Waals surface area contributed by atoms with E-state index in [0.717, 1.165) is 0 Å². The van der Waals surface area contributed by atoms with E-state index in [2.05, 4.69) is 10.3 Å². The lowest BCUT2D eigenvalue weighted by atomic mass is 10.3. The third-order valence-electron chi connectivity index (χ3n) is 2.42. The van der Waals surface area contributed by atoms with Gasteiger partial charge in [0.25, 0.3) is 5.56 Å². The number of nitrogens with zero attached hydrogens (tertiary/aromatic N) is 2. The van der Waals surface area contributed by atoms with Crippen LogP contribution in [0, 0.1) is 0 Å². The largest absolute Gasteiger partial charge is 0.390 e. The van der Waals surface area contributed by atoms with Crippen LogP contribution < -0.4 is 10.9 Å². The van der Waals surface area contributed by atoms with E-state index in [0.29, 0.717) is 19.1 Å². The Hall–Kier alpha value is -1.20. The predicted molar refractivity (Wildman–Crippen MR) is 55.5 cm³/mol. The molecule has 0 aromatic carbocycles. The van der Waals surface area contributed by atoms with Gasteiger partial charge in [0.05, 0.1) is 19.0 Å². The molecule has 1 atom stereocenters. The van der Waals surface area contributed by atoms with E-state index in [1.807, 2.05) is 0 Å². The molecule has 82 valence electrons. The Morgan fingerprint density at radius 1 is 1.67 bits per heavy atom. The maximum atomic E-state index is 11.3. The standard InChI is InChI=1S/C10H15N3O2/c14-9(5-12-8-1-2-8)6-13-7-11-4-3-10(13)15/h3-4,7-9,12,14H,1-2,5-6H2. The number of hydrogen-bond donors (Lipinski definition) is 2. The molecule has 2 N–H and O–H groups in total. The van der Waals surface area contributed by atoms with Gasteiger partial charge in [0.15, 0.2) is 0 Å². The molecule has 0 spiro atoms. The number of hydrogen-bond acceptors (Lipinski definition) is 4. The zero-order chi connectivity index (χ0) is 10.7. The number of nitrogens with one attached hydrogen (secondary N) is 1. The van der Waals surface area contributed by atoms with Crippen LogP contribution in [0.4, 0.5) is 0 Å². The molecular weight excluding hydrogens is 194 g/mol. The van der Waals surface area contributed by atoms with Crippen molar-refractivity contribution in [1.82, 2.24) is 14.9 Å². The van der Waals surface area contributed by atoms with Gasteiger partial charge in [0.2, 0.25) is 0 Å². The van der Waals surface area contributed by atoms with Crippen molar-refractivity contribution >= 4 is 0 Å². The first-order valence-corrected chi connectivity index (χ1v) is 5.17. The van der Waals surface area contributed by atoms with Crippen molar-refractivity contribution in [3.05, 3.63) is 28.9 Å². The van der Waals surface area contributed by atoms with Crippen LogP contribution in [-0.2, 0) is 6.54 Å². The average molecular weight is 209 g/mol. The van der Waals surface area contributed by atoms with Crippen LogP contribution in [0.2, 0.25) is 0 Å². The fourth-order valence-electron chi connectivity index (χ4n) is 1.40. The molecule has 5 nitrogen and oxygen atoms in total. The van der Waals surface area contributed by atoms with Crippen molar-refractivity contribution in [2.24, 2.45) is 0 Å². The normalized spacial score (nSPS) is 17.7. The number of aliphatic hydroxyl groups is 1. The van der Waals surface area contributed by atoms with Crippen LogP contribution in [0.1, 0.15) is 12.8 Å². The minimum Gasteiger partial charge on any atom is -0.390 e. The monoisotopic (exact) mass is 209 g/mol. The number of aromatic nitrogens is 2. The predicted octanol–water partition coefficient (Wildman–Crippen LogP) is -0.644. The summed E-state index contributed by atoms with van der Waals surface area (Å²) < 4.78 is 1.42. The fraction of sp³-hybridized carbons (Fsp3) is 0.600. The first-order chi connectivity index (χ1) is 7.25. The Labute approximate surface area is 87.8 Å². The van der Waals surface area contributed by atoms with Gasteiger partial charge in [-0.1, -0.05) is 0 Å². The Bertz CT molecular complexity index is 373. The molecule has 1 fully saturated rings. The summed E-state index contributed by atoms with van der Waals surface area (Å²) in [7, 11) is 0. The SMILES string of the molecule is O=c1ccncn1CC(O)CNC1CC1. The van der Waals surface area contributed by atoms with Crippen molar-refractivity contribution in [3.63, 3.8) is 0 Å². The highest BCUT2D eigenvalue weighted by Gasteiger charge is 2.21. The van der Waals surface area contributed by atoms with E-state index in [1.165, 1.54) is 36.0 Å². The Kier molecular flexibility index (Phi) is 3.13. The highest BCUT2D eigenvalue weighted by Crippen LogP contribution is 2.18. The maximum absolute atomic E-state index is 11.3. The minimum atomic E-state index is -0.535. The first kappa shape index (κ1) is 10.3. The second-order valence-corrected chi connectivity index (χ2v) is 3.91. The summed E-state index contributed by atoms with van der Waals surface area (Å²) in [5.74, 6) is 0. The summed E-state index contributed by atoms with van der Waals surface area (Å²) in [5.41, 5.74) is -0.129. The highest BCUT2D eigenvalue weighted by atomic mass is 16.3. The first-order valence-electron chi connectivity index (χ1n) is 5.17. The molecule has 1 aliphatic carbocycles. The molecule has 1 aliphatic rings. The number of rotatable bonds is 5. The molecule has 0 bridgehead atoms. The van der Waals surface area contributed by atoms with Gasteiger partial charge in [-0.2, -0.15) is 0 Å². The van der Waals surface area contributed by atoms with E-state index in [1.54, 1.807) is 0 Å². The van der Waals surface area contributed by atoms with Gasteiger partial charge in [-0.15, -0.1) is 0 Å². The second kappa shape index (κ2) is 4.55. The van der Waals surface area contributed by atoms with E-state index in [-0.39, 0.29) is 5.56 Å². The Balaban J connectivity index is 1.84. The molecule has 0 amide bonds. The van der Waals surface area contributed by atoms with Crippen molar-refractivity contribution in [3.8, 4) is 0 Å². The van der Waals surface area contributed by atoms with Crippen LogP contribution in [0.3, 0.4) is 0 Å². The van der Waals surface area contributed by atoms with Crippen LogP contribution in [-0.4, -0.2) is 33.3 Å². The van der Waals surface area contributed by atoms with E-state index < -0.39 is 6.10 Å². The summed E-state index contributed by atoms with van der Waals surface area (Å²) in [5, 5.41) is 12.9. The lowest BCUT2D eigenvalue weighted by Crippen LogP contribution is -2.34. The average Bonchev–Trinajstić information content (AvgIpc) is 3.02. The van der Waals surface area contributed by atoms with Crippen LogP contribution in [0.25, 0.3) is 0 Å². The zero-order valence-corrected chi connectivity index (χ0v) is 8.47. The van der Waals surface area contributed by atoms with Crippen molar-refractivity contribution in [2.75, 3.05) is 6.54 Å². The molecule has 1 heterocycles. The van der Waals surface area contributed by atoms with Gasteiger partial charge < -0.3 is 10.4 Å². The zero-order valence-electron chi connectivity index (χ0n) is 8.47. The minimum absolute atomic E-state index is 0.129. The van der Waals surface area contributed by atoms with Crippen LogP contribution in [0.15, 0.2) is 23.4 Å². The molecule has 1 unspecified atom stereocenters. The Morgan fingerprint density at radius 2 is 2.47 bits per heavy atom. The van der Waals surface area contributed by atoms with Crippen molar-refractivity contribution in [2.45, 2.75) is 31.5 Å². The third-order valence-corrected chi connectivity index (χ3v) is 2.42. The van der Waals surface area contributed by atoms with Gasteiger partial charge >= 0.3 is 0 Å². The molecule has 15 heavy (non-hydrogen) atoms. The van der Waals surface area contributed by atoms with Gasteiger partial charge in [0, 0.05) is 24.8 Å². The topological polar surface area (TPSA) is 67.2 Å². The molecule has 1 aromatic rings. The summed E-state index contributed by atoms with van der Waals surface area (Å²) in [6.45, 7) is 0.832. The maximum Gasteiger partial charge on any atom is 0.253 e. The van der Waals surface area contributed by atoms with E-state index in [9.17, 15) is 9.90 Å². The fourth-order valence-corrected chi connectivity index (χ4v) is 1.40. The molecule has 0 radical (unpaired) electrons. The van der Waals surface area contributed by atoms with Crippen LogP contribution >= 0.6 is 0 Å². The van der Waals surface area contributed by atoms with Crippen LogP contribution in [0.5, 0.6) is 0 Å². The quantitative estimate of drug-likeness (QED) is 0.676. The third kappa shape index (κ3) is 3.14. The summed E-state index contributed by atoms with van der Waals surface area (Å²) in [4.78, 5) is 15.1. The second-order valence-electron chi connectivity index (χ2n) is 3.91. The summed E-state index contributed by atoms with van der Waals surface area (Å²) >= 11 is 0.